The summed E-state index contributed by atoms with van der Waals surface area (Å²) < 4.78 is 13.2. The maximum atomic E-state index is 13.6. The fourth-order valence-corrected chi connectivity index (χ4v) is 6.91. The van der Waals surface area contributed by atoms with Gasteiger partial charge in [-0.2, -0.15) is 0 Å². The van der Waals surface area contributed by atoms with E-state index in [0.717, 1.165) is 44.2 Å². The van der Waals surface area contributed by atoms with Crippen molar-refractivity contribution in [3.8, 4) is 0 Å². The number of tetrazole rings is 1. The monoisotopic (exact) mass is 639 g/mol. The average molecular weight is 641 g/mol. The number of esters is 2. The summed E-state index contributed by atoms with van der Waals surface area (Å²) in [5, 5.41) is 12.2. The number of thioether (sulfide) groups is 2. The molecule has 2 N–H and O–H groups in total. The lowest BCUT2D eigenvalue weighted by Gasteiger charge is -2.48. The predicted molar refractivity (Wildman–Crippen MR) is 157 cm³/mol. The van der Waals surface area contributed by atoms with Crippen LogP contribution in [0.25, 0.3) is 0 Å². The van der Waals surface area contributed by atoms with Crippen LogP contribution >= 0.6 is 48.3 Å². The van der Waals surface area contributed by atoms with E-state index < -0.39 is 18.3 Å². The van der Waals surface area contributed by atoms with E-state index in [2.05, 4.69) is 15.5 Å². The van der Waals surface area contributed by atoms with Crippen LogP contribution in [0.2, 0.25) is 0 Å². The number of ether oxygens (including phenoxy) is 2. The van der Waals surface area contributed by atoms with Gasteiger partial charge in [-0.1, -0.05) is 44.9 Å². The number of aromatic nitrogens is 4. The lowest BCUT2D eigenvalue weighted by Crippen LogP contribution is -2.68. The molecule has 0 spiro atoms. The molecular formula is C24H39Cl2N7O5S2. The highest BCUT2D eigenvalue weighted by Crippen LogP contribution is 2.41. The Hall–Kier alpha value is -1.58. The van der Waals surface area contributed by atoms with Crippen LogP contribution in [0.1, 0.15) is 46.0 Å². The van der Waals surface area contributed by atoms with Gasteiger partial charge in [0.25, 0.3) is 0 Å². The van der Waals surface area contributed by atoms with Gasteiger partial charge >= 0.3 is 11.9 Å². The zero-order chi connectivity index (χ0) is 27.4. The van der Waals surface area contributed by atoms with Crippen LogP contribution in [0.5, 0.6) is 0 Å². The van der Waals surface area contributed by atoms with Gasteiger partial charge in [0.15, 0.2) is 0 Å². The fourth-order valence-electron chi connectivity index (χ4n) is 4.57. The Balaban J connectivity index is 0.00000280. The molecule has 3 atom stereocenters. The predicted octanol–water partition coefficient (Wildman–Crippen LogP) is 2.32. The van der Waals surface area contributed by atoms with Crippen molar-refractivity contribution in [3.05, 3.63) is 11.3 Å². The first-order valence-corrected chi connectivity index (χ1v) is 15.1. The van der Waals surface area contributed by atoms with Gasteiger partial charge in [-0.15, -0.1) is 41.7 Å². The second kappa shape index (κ2) is 15.6. The van der Waals surface area contributed by atoms with Crippen molar-refractivity contribution >= 4 is 66.2 Å². The third-order valence-corrected chi connectivity index (χ3v) is 9.26. The summed E-state index contributed by atoms with van der Waals surface area (Å²) in [6.07, 6.45) is 3.64. The van der Waals surface area contributed by atoms with Crippen molar-refractivity contribution in [1.29, 1.82) is 0 Å². The molecule has 4 rings (SSSR count). The number of likely N-dealkylation sites (N-methyl/N-ethyl adjacent to an activating group) is 1. The van der Waals surface area contributed by atoms with Gasteiger partial charge in [0.05, 0.1) is 12.5 Å². The second-order valence-electron chi connectivity index (χ2n) is 10.5. The lowest BCUT2D eigenvalue weighted by atomic mass is 9.89. The van der Waals surface area contributed by atoms with Crippen LogP contribution < -0.4 is 5.73 Å². The summed E-state index contributed by atoms with van der Waals surface area (Å²) in [6.45, 7) is 5.05. The third kappa shape index (κ3) is 8.03. The Morgan fingerprint density at radius 1 is 1.18 bits per heavy atom. The molecule has 16 heteroatoms. The number of rotatable bonds is 11. The van der Waals surface area contributed by atoms with E-state index in [4.69, 9.17) is 15.2 Å². The van der Waals surface area contributed by atoms with Gasteiger partial charge in [-0.3, -0.25) is 14.5 Å². The van der Waals surface area contributed by atoms with E-state index in [1.807, 2.05) is 32.8 Å². The highest BCUT2D eigenvalue weighted by molar-refractivity contribution is 8.01. The summed E-state index contributed by atoms with van der Waals surface area (Å²) in [6, 6.07) is -0.666. The van der Waals surface area contributed by atoms with Crippen LogP contribution in [0, 0.1) is 11.8 Å². The number of nitrogens with zero attached hydrogens (tertiary/aromatic N) is 6. The van der Waals surface area contributed by atoms with Gasteiger partial charge < -0.3 is 20.1 Å². The Labute approximate surface area is 255 Å². The van der Waals surface area contributed by atoms with Crippen molar-refractivity contribution in [3.63, 3.8) is 0 Å². The fraction of sp³-hybridized carbons (Fsp3) is 0.750. The van der Waals surface area contributed by atoms with Gasteiger partial charge in [0.2, 0.25) is 17.4 Å². The maximum absolute atomic E-state index is 13.6. The van der Waals surface area contributed by atoms with E-state index in [1.54, 1.807) is 4.68 Å². The normalized spacial score (nSPS) is 21.8. The van der Waals surface area contributed by atoms with E-state index in [0.29, 0.717) is 23.2 Å². The molecule has 1 unspecified atom stereocenters. The molecule has 2 aliphatic heterocycles. The number of carbonyl (C=O) groups is 3. The molecule has 1 saturated carbocycles. The minimum Gasteiger partial charge on any atom is -0.425 e. The minimum absolute atomic E-state index is 0. The van der Waals surface area contributed by atoms with E-state index in [-0.39, 0.29) is 59.6 Å². The Morgan fingerprint density at radius 2 is 1.88 bits per heavy atom. The zero-order valence-corrected chi connectivity index (χ0v) is 26.5. The second-order valence-corrected chi connectivity index (χ2v) is 12.5. The average Bonchev–Trinajstić information content (AvgIpc) is 3.36. The summed E-state index contributed by atoms with van der Waals surface area (Å²) >= 11 is 2.91. The number of nitrogens with two attached hydrogens (primary N) is 1. The smallest absolute Gasteiger partial charge is 0.358 e. The number of β-lactam (4-membered cyclic amide) rings is 1. The molecule has 1 aromatic heterocycles. The lowest BCUT2D eigenvalue weighted by molar-refractivity contribution is -0.198. The quantitative estimate of drug-likeness (QED) is 0.164. The molecule has 226 valence electrons. The van der Waals surface area contributed by atoms with Gasteiger partial charge in [0, 0.05) is 24.0 Å². The molecule has 3 heterocycles. The summed E-state index contributed by atoms with van der Waals surface area (Å²) in [4.78, 5) is 42.5. The molecule has 0 radical (unpaired) electrons. The molecular weight excluding hydrogens is 601 g/mol. The maximum Gasteiger partial charge on any atom is 0.358 e. The summed E-state index contributed by atoms with van der Waals surface area (Å²) in [5.41, 5.74) is 6.92. The highest BCUT2D eigenvalue weighted by atomic mass is 35.5. The Bertz CT molecular complexity index is 1070. The molecule has 2 fully saturated rings. The first-order chi connectivity index (χ1) is 18.2. The Morgan fingerprint density at radius 3 is 2.52 bits per heavy atom. The molecule has 1 aromatic rings. The number of amides is 1. The third-order valence-electron chi connectivity index (χ3n) is 6.85. The number of halogens is 2. The van der Waals surface area contributed by atoms with Crippen LogP contribution in [-0.2, 0) is 30.4 Å². The van der Waals surface area contributed by atoms with E-state index >= 15 is 0 Å². The summed E-state index contributed by atoms with van der Waals surface area (Å²) in [5.74, 6) is -0.869. The van der Waals surface area contributed by atoms with Gasteiger partial charge in [0.1, 0.15) is 17.1 Å². The number of hydrogen-bond acceptors (Lipinski definition) is 12. The van der Waals surface area contributed by atoms with E-state index in [9.17, 15) is 14.4 Å². The number of fused-ring (bicyclic) bond motifs is 1. The SMILES string of the molecule is CC(C)C(OC(=O)C1=C(CSc2nnnn2CCN(C)C)CS[C@@H]2[C@H](N)C(=O)N12)OC(=O)C1CCCCC1.Cl.Cl. The Kier molecular flexibility index (Phi) is 13.5. The number of hydrogen-bond donors (Lipinski definition) is 1. The van der Waals surface area contributed by atoms with Crippen molar-refractivity contribution in [2.24, 2.45) is 17.6 Å². The molecule has 12 nitrogen and oxygen atoms in total. The number of carbonyl (C=O) groups excluding carboxylic acids is 3. The van der Waals surface area contributed by atoms with Crippen molar-refractivity contribution < 1.29 is 23.9 Å². The zero-order valence-electron chi connectivity index (χ0n) is 23.2. The molecule has 3 aliphatic rings. The topological polar surface area (TPSA) is 146 Å². The largest absolute Gasteiger partial charge is 0.425 e. The minimum atomic E-state index is -1.05. The van der Waals surface area contributed by atoms with Crippen molar-refractivity contribution in [2.45, 2.75) is 75.4 Å². The standard InChI is InChI=1S/C24H37N7O5S2.2ClH/c1-14(2)23(35-21(33)15-8-6-5-7-9-15)36-22(34)18-16(12-37-20-17(25)19(32)31(18)20)13-38-24-26-27-28-30(24)11-10-29(3)4;;/h14-15,17,20,23H,5-13,25H2,1-4H3;2*1H/t17-,20-,23?;;/m1../s1. The molecule has 1 aliphatic carbocycles. The van der Waals surface area contributed by atoms with Crippen LogP contribution in [0.3, 0.4) is 0 Å². The highest BCUT2D eigenvalue weighted by Gasteiger charge is 2.52. The first kappa shape index (κ1) is 34.6. The van der Waals surface area contributed by atoms with E-state index in [1.165, 1.54) is 28.4 Å². The van der Waals surface area contributed by atoms with Crippen LogP contribution in [-0.4, -0.2) is 97.7 Å². The van der Waals surface area contributed by atoms with Gasteiger partial charge in [-0.05, 0) is 42.9 Å². The molecule has 1 saturated heterocycles. The molecule has 0 aromatic carbocycles. The molecule has 0 bridgehead atoms. The van der Waals surface area contributed by atoms with Crippen LogP contribution in [0.15, 0.2) is 16.4 Å². The van der Waals surface area contributed by atoms with Crippen LogP contribution in [0.4, 0.5) is 0 Å². The molecule has 40 heavy (non-hydrogen) atoms. The van der Waals surface area contributed by atoms with Gasteiger partial charge in [-0.25, -0.2) is 9.48 Å². The van der Waals surface area contributed by atoms with Crippen molar-refractivity contribution in [2.75, 3.05) is 32.1 Å². The van der Waals surface area contributed by atoms with Crippen molar-refractivity contribution in [1.82, 2.24) is 30.0 Å². The summed E-state index contributed by atoms with van der Waals surface area (Å²) in [7, 11) is 3.95. The molecule has 1 amide bonds. The first-order valence-electron chi connectivity index (χ1n) is 13.0.